The molecular weight excluding hydrogens is 548 g/mol. The molecule has 1 fully saturated rings. The predicted molar refractivity (Wildman–Crippen MR) is 153 cm³/mol. The Morgan fingerprint density at radius 1 is 0.769 bits per heavy atom. The van der Waals surface area contributed by atoms with E-state index < -0.39 is 55.2 Å². The van der Waals surface area contributed by atoms with Gasteiger partial charge >= 0.3 is 11.9 Å². The van der Waals surface area contributed by atoms with Gasteiger partial charge in [-0.3, -0.25) is 9.35 Å². The van der Waals surface area contributed by atoms with Gasteiger partial charge in [0.2, 0.25) is 0 Å². The number of likely N-dealkylation sites (tertiary alicyclic amines) is 1. The number of hydrogen-bond acceptors (Lipinski definition) is 6. The fourth-order valence-corrected chi connectivity index (χ4v) is 7.74. The van der Waals surface area contributed by atoms with E-state index in [1.54, 1.807) is 0 Å². The molecule has 0 aromatic rings. The summed E-state index contributed by atoms with van der Waals surface area (Å²) in [5.41, 5.74) is 0. The van der Waals surface area contributed by atoms with Gasteiger partial charge in [-0.2, -0.15) is 8.42 Å². The predicted octanol–water partition coefficient (Wildman–Crippen LogP) is 2.76. The molecule has 0 aromatic heterocycles. The van der Waals surface area contributed by atoms with E-state index in [1.165, 1.54) is 51.4 Å². The highest BCUT2D eigenvalue weighted by atomic mass is 32.2. The number of aliphatic carboxylic acids is 2. The maximum absolute atomic E-state index is 12.2. The van der Waals surface area contributed by atoms with Crippen LogP contribution in [0.1, 0.15) is 71.1 Å². The molecule has 1 rings (SSSR count). The van der Waals surface area contributed by atoms with Crippen molar-refractivity contribution in [2.45, 2.75) is 71.1 Å². The van der Waals surface area contributed by atoms with E-state index in [4.69, 9.17) is 10.2 Å². The van der Waals surface area contributed by atoms with Gasteiger partial charge in [0, 0.05) is 11.8 Å². The van der Waals surface area contributed by atoms with E-state index in [2.05, 4.69) is 6.92 Å². The second kappa shape index (κ2) is 17.5. The smallest absolute Gasteiger partial charge is 0.359 e. The van der Waals surface area contributed by atoms with E-state index >= 15 is 0 Å². The van der Waals surface area contributed by atoms with Crippen LogP contribution in [-0.2, 0) is 29.5 Å². The first-order valence-electron chi connectivity index (χ1n) is 14.0. The molecule has 0 spiro atoms. The second-order valence-electron chi connectivity index (χ2n) is 12.4. The zero-order valence-electron chi connectivity index (χ0n) is 24.7. The van der Waals surface area contributed by atoms with E-state index in [0.29, 0.717) is 22.1 Å². The summed E-state index contributed by atoms with van der Waals surface area (Å²) in [7, 11) is -0.549. The van der Waals surface area contributed by atoms with Gasteiger partial charge in [-0.25, -0.2) is 13.2 Å². The first-order chi connectivity index (χ1) is 17.8. The fourth-order valence-electron chi connectivity index (χ4n) is 5.30. The second-order valence-corrected chi connectivity index (χ2v) is 16.1. The molecule has 3 unspecified atom stereocenters. The molecule has 39 heavy (non-hydrogen) atoms. The first kappa shape index (κ1) is 37.7. The molecule has 1 aliphatic rings. The molecule has 11 nitrogen and oxygen atoms in total. The zero-order valence-corrected chi connectivity index (χ0v) is 26.3. The zero-order chi connectivity index (χ0) is 30.3. The summed E-state index contributed by atoms with van der Waals surface area (Å²) in [6.07, 6.45) is 12.2. The minimum Gasteiger partial charge on any atom is -0.480 e. The Hall–Kier alpha value is -1.28. The Balaban J connectivity index is 0.00000156. The van der Waals surface area contributed by atoms with Crippen LogP contribution in [0.2, 0.25) is 0 Å². The van der Waals surface area contributed by atoms with Crippen LogP contribution in [0, 0.1) is 11.8 Å². The lowest BCUT2D eigenvalue weighted by Gasteiger charge is -2.30. The Morgan fingerprint density at radius 2 is 1.21 bits per heavy atom. The number of rotatable bonds is 19. The monoisotopic (exact) mass is 602 g/mol. The van der Waals surface area contributed by atoms with Gasteiger partial charge in [-0.15, -0.1) is 0 Å². The maximum Gasteiger partial charge on any atom is 0.359 e. The molecule has 0 saturated carbocycles. The highest BCUT2D eigenvalue weighted by molar-refractivity contribution is 7.92. The molecule has 1 saturated heterocycles. The summed E-state index contributed by atoms with van der Waals surface area (Å²) >= 11 is 0. The van der Waals surface area contributed by atoms with Crippen LogP contribution in [0.25, 0.3) is 0 Å². The number of unbranched alkanes of at least 4 members (excludes halogenated alkanes) is 9. The minimum absolute atomic E-state index is 0.181. The van der Waals surface area contributed by atoms with Crippen molar-refractivity contribution in [1.29, 1.82) is 0 Å². The van der Waals surface area contributed by atoms with Crippen molar-refractivity contribution in [3.63, 3.8) is 0 Å². The first-order valence-corrected chi connectivity index (χ1v) is 17.4. The molecule has 3 N–H and O–H groups in total. The lowest BCUT2D eigenvalue weighted by molar-refractivity contribution is -0.900. The van der Waals surface area contributed by atoms with E-state index in [0.717, 1.165) is 19.4 Å². The van der Waals surface area contributed by atoms with E-state index in [1.807, 2.05) is 28.2 Å². The molecule has 0 bridgehead atoms. The normalized spacial score (nSPS) is 21.8. The van der Waals surface area contributed by atoms with Crippen LogP contribution in [0.3, 0.4) is 0 Å². The third kappa shape index (κ3) is 21.2. The summed E-state index contributed by atoms with van der Waals surface area (Å²) in [5, 5.41) is 17.1. The van der Waals surface area contributed by atoms with Gasteiger partial charge in [0.1, 0.15) is 5.75 Å². The molecule has 1 aliphatic heterocycles. The number of sulfone groups is 1. The van der Waals surface area contributed by atoms with Gasteiger partial charge in [0.25, 0.3) is 10.1 Å². The van der Waals surface area contributed by atoms with Crippen LogP contribution in [0.15, 0.2) is 0 Å². The largest absolute Gasteiger partial charge is 0.480 e. The van der Waals surface area contributed by atoms with Gasteiger partial charge in [-0.05, 0) is 12.8 Å². The van der Waals surface area contributed by atoms with Gasteiger partial charge < -0.3 is 19.2 Å². The molecule has 0 aliphatic carbocycles. The maximum atomic E-state index is 12.2. The van der Waals surface area contributed by atoms with E-state index in [9.17, 15) is 31.0 Å². The quantitative estimate of drug-likeness (QED) is 0.115. The van der Waals surface area contributed by atoms with Crippen molar-refractivity contribution >= 4 is 31.9 Å². The standard InChI is InChI=1S/C21H41NO7S2.C5H11NO2/c1-3-4-5-6-7-8-9-10-11-12-13-22(2)14-19(16-30(25,26)18-21(23)24)20(15-22)17-31(27,28)29;1-6(2,3)4-5(7)8/h19-20H,3-18H2,1-2H3,(H-,23,24,27,28,29);4H2,1-3H3/p+2. The van der Waals surface area contributed by atoms with Crippen molar-refractivity contribution in [2.24, 2.45) is 11.8 Å². The molecule has 0 amide bonds. The molecule has 13 heteroatoms. The number of carbonyl (C=O) groups is 2. The van der Waals surface area contributed by atoms with Gasteiger partial charge in [0.15, 0.2) is 16.4 Å². The minimum atomic E-state index is -4.23. The van der Waals surface area contributed by atoms with Crippen LogP contribution >= 0.6 is 0 Å². The van der Waals surface area contributed by atoms with Crippen LogP contribution in [0.4, 0.5) is 0 Å². The third-order valence-electron chi connectivity index (χ3n) is 6.91. The highest BCUT2D eigenvalue weighted by Gasteiger charge is 2.45. The third-order valence-corrected chi connectivity index (χ3v) is 9.39. The lowest BCUT2D eigenvalue weighted by Crippen LogP contribution is -2.43. The number of likely N-dealkylation sites (N-methyl/N-ethyl adjacent to an activating group) is 1. The van der Waals surface area contributed by atoms with E-state index in [-0.39, 0.29) is 12.3 Å². The van der Waals surface area contributed by atoms with Crippen molar-refractivity contribution in [3.8, 4) is 0 Å². The Bertz CT molecular complexity index is 947. The summed E-state index contributed by atoms with van der Waals surface area (Å²) < 4.78 is 57.5. The number of nitrogens with zero attached hydrogens (tertiary/aromatic N) is 2. The Labute approximate surface area is 236 Å². The SMILES string of the molecule is CCCCCCCCCCCC[N+]1(C)CC(CS(=O)(=O)O)C(CS(=O)(=O)CC(=O)O)C1.C[N+](C)(C)CC(=O)O. The van der Waals surface area contributed by atoms with Crippen LogP contribution < -0.4 is 0 Å². The molecule has 3 atom stereocenters. The number of quaternary nitrogens is 2. The van der Waals surface area contributed by atoms with Crippen molar-refractivity contribution in [1.82, 2.24) is 0 Å². The summed E-state index contributed by atoms with van der Waals surface area (Å²) in [6.45, 7) is 4.18. The van der Waals surface area contributed by atoms with Crippen LogP contribution in [0.5, 0.6) is 0 Å². The average Bonchev–Trinajstić information content (AvgIpc) is 2.99. The summed E-state index contributed by atoms with van der Waals surface area (Å²) in [6, 6.07) is 0. The molecule has 0 aromatic carbocycles. The fraction of sp³-hybridized carbons (Fsp3) is 0.923. The number of carboxylic acid groups (broad SMARTS) is 2. The Morgan fingerprint density at radius 3 is 1.56 bits per heavy atom. The molecule has 0 radical (unpaired) electrons. The van der Waals surface area contributed by atoms with Crippen molar-refractivity contribution in [2.75, 3.05) is 71.6 Å². The highest BCUT2D eigenvalue weighted by Crippen LogP contribution is 2.31. The Kier molecular flexibility index (Phi) is 16.9. The van der Waals surface area contributed by atoms with Gasteiger partial charge in [0.05, 0.1) is 59.3 Å². The summed E-state index contributed by atoms with van der Waals surface area (Å²) in [5.74, 6) is -4.92. The summed E-state index contributed by atoms with van der Waals surface area (Å²) in [4.78, 5) is 20.8. The molecule has 232 valence electrons. The topological polar surface area (TPSA) is 163 Å². The van der Waals surface area contributed by atoms with Gasteiger partial charge in [-0.1, -0.05) is 58.3 Å². The lowest BCUT2D eigenvalue weighted by atomic mass is 10.0. The molecular formula is C26H54N2O9S2+2. The van der Waals surface area contributed by atoms with Crippen LogP contribution in [-0.4, -0.2) is 124 Å². The number of carboxylic acids is 2. The average molecular weight is 603 g/mol. The molecule has 1 heterocycles. The van der Waals surface area contributed by atoms with Crippen molar-refractivity contribution < 1.29 is 50.2 Å². The number of hydrogen-bond donors (Lipinski definition) is 3. The van der Waals surface area contributed by atoms with Crippen molar-refractivity contribution in [3.05, 3.63) is 0 Å².